The van der Waals surface area contributed by atoms with Gasteiger partial charge in [-0.2, -0.15) is 0 Å². The van der Waals surface area contributed by atoms with Crippen LogP contribution in [-0.2, 0) is 9.59 Å². The minimum atomic E-state index is -0.748. The molecule has 2 aliphatic heterocycles. The number of benzene rings is 3. The van der Waals surface area contributed by atoms with Crippen molar-refractivity contribution in [3.8, 4) is 17.2 Å². The van der Waals surface area contributed by atoms with Gasteiger partial charge in [-0.1, -0.05) is 13.8 Å². The van der Waals surface area contributed by atoms with E-state index in [-0.39, 0.29) is 30.6 Å². The van der Waals surface area contributed by atoms with Gasteiger partial charge in [-0.05, 0) is 48.5 Å². The van der Waals surface area contributed by atoms with Crippen molar-refractivity contribution in [1.82, 2.24) is 0 Å². The molecule has 0 fully saturated rings. The van der Waals surface area contributed by atoms with Crippen LogP contribution in [0.4, 0.5) is 17.1 Å². The van der Waals surface area contributed by atoms with E-state index in [4.69, 9.17) is 14.6 Å². The van der Waals surface area contributed by atoms with Gasteiger partial charge in [-0.15, -0.1) is 0 Å². The number of aldehydes is 3. The summed E-state index contributed by atoms with van der Waals surface area (Å²) in [5, 5.41) is 21.8. The molecule has 0 atom stereocenters. The Morgan fingerprint density at radius 1 is 0.854 bits per heavy atom. The summed E-state index contributed by atoms with van der Waals surface area (Å²) in [5.41, 5.74) is 1.96. The minimum Gasteiger partial charge on any atom is -0.502 e. The molecule has 0 radical (unpaired) electrons. The number of ether oxygens (including phenoxy) is 2. The monoisotopic (exact) mass is 565 g/mol. The third-order valence-corrected chi connectivity index (χ3v) is 5.31. The van der Waals surface area contributed by atoms with Gasteiger partial charge in [-0.3, -0.25) is 34.1 Å². The number of aromatic hydroxyl groups is 1. The third-order valence-electron chi connectivity index (χ3n) is 5.31. The predicted octanol–water partition coefficient (Wildman–Crippen LogP) is 3.82. The molecule has 0 aromatic heterocycles. The smallest absolute Gasteiger partial charge is 0.311 e. The molecule has 2 amide bonds. The van der Waals surface area contributed by atoms with E-state index in [0.29, 0.717) is 40.3 Å². The van der Waals surface area contributed by atoms with Crippen LogP contribution < -0.4 is 19.7 Å². The first kappa shape index (κ1) is 31.6. The molecule has 0 unspecified atom stereocenters. The number of carbonyl (C=O) groups excluding carboxylic acids is 5. The second-order valence-corrected chi connectivity index (χ2v) is 7.92. The number of anilines is 2. The molecule has 3 aromatic carbocycles. The average Bonchev–Trinajstić information content (AvgIpc) is 3.00. The van der Waals surface area contributed by atoms with Crippen molar-refractivity contribution in [3.05, 3.63) is 81.4 Å². The van der Waals surface area contributed by atoms with Crippen molar-refractivity contribution in [3.63, 3.8) is 0 Å². The van der Waals surface area contributed by atoms with E-state index in [1.165, 1.54) is 11.0 Å². The quantitative estimate of drug-likeness (QED) is 0.268. The number of nitrogens with one attached hydrogen (secondary N) is 1. The maximum Gasteiger partial charge on any atom is 0.311 e. The molecule has 13 heteroatoms. The Balaban J connectivity index is 0.000000209. The Hall–Kier alpha value is -5.59. The molecule has 2 aliphatic rings. The summed E-state index contributed by atoms with van der Waals surface area (Å²) in [6.07, 6.45) is 1.95. The maximum atomic E-state index is 11.3. The van der Waals surface area contributed by atoms with Gasteiger partial charge in [0.15, 0.2) is 19.0 Å². The molecule has 0 bridgehead atoms. The molecular formula is C28H27N3O10. The number of hydrogen-bond donors (Lipinski definition) is 2. The number of nitro groups is 1. The Labute approximate surface area is 234 Å². The van der Waals surface area contributed by atoms with Crippen molar-refractivity contribution in [1.29, 1.82) is 0 Å². The highest BCUT2D eigenvalue weighted by Crippen LogP contribution is 2.31. The van der Waals surface area contributed by atoms with E-state index < -0.39 is 16.4 Å². The second-order valence-electron chi connectivity index (χ2n) is 7.92. The van der Waals surface area contributed by atoms with Gasteiger partial charge in [0, 0.05) is 29.8 Å². The normalized spacial score (nSPS) is 12.3. The van der Waals surface area contributed by atoms with Gasteiger partial charge in [-0.25, -0.2) is 0 Å². The van der Waals surface area contributed by atoms with Crippen LogP contribution in [0.3, 0.4) is 0 Å². The summed E-state index contributed by atoms with van der Waals surface area (Å²) >= 11 is 0. The van der Waals surface area contributed by atoms with Gasteiger partial charge in [0.2, 0.25) is 0 Å². The van der Waals surface area contributed by atoms with Gasteiger partial charge >= 0.3 is 5.69 Å². The number of nitro benzene ring substituents is 1. The number of carbonyl (C=O) groups is 5. The van der Waals surface area contributed by atoms with Crippen LogP contribution in [-0.4, -0.2) is 61.0 Å². The Bertz CT molecular complexity index is 1460. The number of phenols is 1. The fraction of sp³-hybridized carbons (Fsp3) is 0.179. The second kappa shape index (κ2) is 15.1. The van der Waals surface area contributed by atoms with Crippen LogP contribution in [0.15, 0.2) is 54.6 Å². The van der Waals surface area contributed by atoms with Crippen LogP contribution in [0, 0.1) is 10.1 Å². The summed E-state index contributed by atoms with van der Waals surface area (Å²) in [5.74, 6) is 0.490. The standard InChI is InChI=1S/C10H9NO3.C9H7NO3.C7H5NO4.C2H6/c1-11-8-4-7(5-12)2-3-9(8)14-6-10(11)13;11-4-6-1-2-8-7(3-6)10-9(12)5-13-8;9-4-5-1-2-7(10)6(3-5)8(11)12;1-2/h2-5H,6H2,1H3;1-4H,5H2,(H,10,12);1-4,10H;1-2H3. The van der Waals surface area contributed by atoms with Gasteiger partial charge < -0.3 is 24.8 Å². The molecule has 0 aliphatic carbocycles. The van der Waals surface area contributed by atoms with Gasteiger partial charge in [0.05, 0.1) is 16.3 Å². The zero-order chi connectivity index (χ0) is 30.5. The number of hydrogen-bond acceptors (Lipinski definition) is 10. The Morgan fingerprint density at radius 2 is 1.39 bits per heavy atom. The SMILES string of the molecule is CC.CN1C(=O)COc2ccc(C=O)cc21.O=Cc1ccc(O)c([N+](=O)[O-])c1.O=Cc1ccc2c(c1)NC(=O)CO2. The van der Waals surface area contributed by atoms with Crippen molar-refractivity contribution >= 4 is 47.7 Å². The van der Waals surface area contributed by atoms with Crippen LogP contribution >= 0.6 is 0 Å². The summed E-state index contributed by atoms with van der Waals surface area (Å²) in [6, 6.07) is 13.3. The molecule has 0 saturated heterocycles. The summed E-state index contributed by atoms with van der Waals surface area (Å²) in [7, 11) is 1.66. The fourth-order valence-corrected chi connectivity index (χ4v) is 3.30. The molecule has 5 rings (SSSR count). The van der Waals surface area contributed by atoms with Crippen molar-refractivity contribution in [2.75, 3.05) is 30.5 Å². The number of rotatable bonds is 4. The lowest BCUT2D eigenvalue weighted by molar-refractivity contribution is -0.385. The summed E-state index contributed by atoms with van der Waals surface area (Å²) in [4.78, 5) is 64.3. The Morgan fingerprint density at radius 3 is 2.00 bits per heavy atom. The van der Waals surface area contributed by atoms with Crippen LogP contribution in [0.1, 0.15) is 44.9 Å². The fourth-order valence-electron chi connectivity index (χ4n) is 3.30. The molecule has 41 heavy (non-hydrogen) atoms. The number of likely N-dealkylation sites (N-methyl/N-ethyl adjacent to an activating group) is 1. The molecule has 13 nitrogen and oxygen atoms in total. The summed E-state index contributed by atoms with van der Waals surface area (Å²) in [6.45, 7) is 4.09. The molecule has 0 spiro atoms. The molecule has 2 heterocycles. The highest BCUT2D eigenvalue weighted by molar-refractivity contribution is 5.98. The Kier molecular flexibility index (Phi) is 11.7. The first-order valence-corrected chi connectivity index (χ1v) is 12.1. The van der Waals surface area contributed by atoms with E-state index in [1.807, 2.05) is 13.8 Å². The average molecular weight is 566 g/mol. The van der Waals surface area contributed by atoms with E-state index in [9.17, 15) is 34.1 Å². The number of amides is 2. The maximum absolute atomic E-state index is 11.3. The number of phenolic OH excluding ortho intramolecular Hbond substituents is 1. The highest BCUT2D eigenvalue weighted by atomic mass is 16.6. The van der Waals surface area contributed by atoms with E-state index in [1.54, 1.807) is 43.4 Å². The molecule has 2 N–H and O–H groups in total. The van der Waals surface area contributed by atoms with E-state index >= 15 is 0 Å². The topological polar surface area (TPSA) is 182 Å². The number of fused-ring (bicyclic) bond motifs is 2. The van der Waals surface area contributed by atoms with Gasteiger partial charge in [0.1, 0.15) is 30.4 Å². The van der Waals surface area contributed by atoms with Crippen molar-refractivity contribution < 1.29 is 43.5 Å². The third kappa shape index (κ3) is 8.45. The molecule has 3 aromatic rings. The predicted molar refractivity (Wildman–Crippen MR) is 148 cm³/mol. The molecular weight excluding hydrogens is 538 g/mol. The van der Waals surface area contributed by atoms with Crippen LogP contribution in [0.2, 0.25) is 0 Å². The summed E-state index contributed by atoms with van der Waals surface area (Å²) < 4.78 is 10.3. The van der Waals surface area contributed by atoms with E-state index in [0.717, 1.165) is 24.7 Å². The van der Waals surface area contributed by atoms with Crippen molar-refractivity contribution in [2.45, 2.75) is 13.8 Å². The minimum absolute atomic E-state index is 0.0352. The largest absolute Gasteiger partial charge is 0.502 e. The first-order chi connectivity index (χ1) is 19.7. The zero-order valence-corrected chi connectivity index (χ0v) is 22.4. The molecule has 0 saturated carbocycles. The lowest BCUT2D eigenvalue weighted by Gasteiger charge is -2.25. The van der Waals surface area contributed by atoms with Crippen molar-refractivity contribution in [2.24, 2.45) is 0 Å². The van der Waals surface area contributed by atoms with Crippen LogP contribution in [0.5, 0.6) is 17.2 Å². The molecule has 214 valence electrons. The zero-order valence-electron chi connectivity index (χ0n) is 22.4. The van der Waals surface area contributed by atoms with Crippen LogP contribution in [0.25, 0.3) is 0 Å². The lowest BCUT2D eigenvalue weighted by Crippen LogP contribution is -2.35. The first-order valence-electron chi connectivity index (χ1n) is 12.1. The highest BCUT2D eigenvalue weighted by Gasteiger charge is 2.22. The van der Waals surface area contributed by atoms with E-state index in [2.05, 4.69) is 5.32 Å². The van der Waals surface area contributed by atoms with Gasteiger partial charge in [0.25, 0.3) is 11.8 Å². The lowest BCUT2D eigenvalue weighted by atomic mass is 10.1. The number of nitrogens with zero attached hydrogens (tertiary/aromatic N) is 2.